The molecule has 0 aromatic carbocycles. The highest BCUT2D eigenvalue weighted by Gasteiger charge is 2.46. The first kappa shape index (κ1) is 14.2. The monoisotopic (exact) mass is 305 g/mol. The Morgan fingerprint density at radius 1 is 1.56 bits per heavy atom. The van der Waals surface area contributed by atoms with Gasteiger partial charge in [0.2, 0.25) is 5.91 Å². The van der Waals surface area contributed by atoms with E-state index in [4.69, 9.17) is 23.2 Å². The number of carbonyl (C=O) groups is 1. The summed E-state index contributed by atoms with van der Waals surface area (Å²) in [6.07, 6.45) is 1.43. The molecule has 1 aromatic rings. The van der Waals surface area contributed by atoms with Crippen molar-refractivity contribution < 1.29 is 4.79 Å². The lowest BCUT2D eigenvalue weighted by molar-refractivity contribution is -0.119. The average molecular weight is 306 g/mol. The van der Waals surface area contributed by atoms with Gasteiger partial charge in [-0.3, -0.25) is 4.79 Å². The van der Waals surface area contributed by atoms with Gasteiger partial charge in [0, 0.05) is 17.9 Å². The van der Waals surface area contributed by atoms with Crippen molar-refractivity contribution in [3.05, 3.63) is 20.3 Å². The van der Waals surface area contributed by atoms with Crippen LogP contribution in [0.5, 0.6) is 0 Å². The van der Waals surface area contributed by atoms with E-state index in [0.717, 1.165) is 12.0 Å². The van der Waals surface area contributed by atoms with E-state index >= 15 is 0 Å². The SMILES string of the molecule is CC(C)CC1NC(=O)CC1(C)c1cc(Cl)sc1Cl. The summed E-state index contributed by atoms with van der Waals surface area (Å²) in [6.45, 7) is 6.42. The molecule has 0 radical (unpaired) electrons. The molecular weight excluding hydrogens is 289 g/mol. The van der Waals surface area contributed by atoms with Crippen LogP contribution in [0.2, 0.25) is 8.67 Å². The van der Waals surface area contributed by atoms with Crippen molar-refractivity contribution >= 4 is 40.4 Å². The molecule has 100 valence electrons. The summed E-state index contributed by atoms with van der Waals surface area (Å²) >= 11 is 13.7. The zero-order valence-corrected chi connectivity index (χ0v) is 13.0. The van der Waals surface area contributed by atoms with Crippen LogP contribution in [0.3, 0.4) is 0 Å². The second-order valence-corrected chi connectivity index (χ2v) is 7.87. The van der Waals surface area contributed by atoms with Crippen molar-refractivity contribution in [3.8, 4) is 0 Å². The van der Waals surface area contributed by atoms with E-state index in [1.807, 2.05) is 6.07 Å². The fourth-order valence-electron chi connectivity index (χ4n) is 2.66. The summed E-state index contributed by atoms with van der Waals surface area (Å²) in [7, 11) is 0. The van der Waals surface area contributed by atoms with E-state index in [1.54, 1.807) is 0 Å². The summed E-state index contributed by atoms with van der Waals surface area (Å²) in [5, 5.41) is 3.07. The predicted molar refractivity (Wildman–Crippen MR) is 77.7 cm³/mol. The van der Waals surface area contributed by atoms with Crippen LogP contribution in [0.1, 0.15) is 39.2 Å². The number of thiophene rings is 1. The number of hydrogen-bond donors (Lipinski definition) is 1. The standard InChI is InChI=1S/C13H17Cl2NOS/c1-7(2)4-9-13(3,6-11(17)16-9)8-5-10(14)18-12(8)15/h5,7,9H,4,6H2,1-3H3,(H,16,17). The van der Waals surface area contributed by atoms with E-state index in [0.29, 0.717) is 21.0 Å². The molecule has 2 heterocycles. The number of carbonyl (C=O) groups excluding carboxylic acids is 1. The van der Waals surface area contributed by atoms with Crippen molar-refractivity contribution in [2.45, 2.75) is 45.1 Å². The van der Waals surface area contributed by atoms with E-state index in [-0.39, 0.29) is 17.4 Å². The molecule has 1 amide bonds. The molecular formula is C13H17Cl2NOS. The third-order valence-electron chi connectivity index (χ3n) is 3.61. The van der Waals surface area contributed by atoms with Crippen molar-refractivity contribution in [2.75, 3.05) is 0 Å². The molecule has 1 N–H and O–H groups in total. The van der Waals surface area contributed by atoms with Gasteiger partial charge in [-0.15, -0.1) is 11.3 Å². The summed E-state index contributed by atoms with van der Waals surface area (Å²) in [6, 6.07) is 2.04. The van der Waals surface area contributed by atoms with Crippen LogP contribution in [0.25, 0.3) is 0 Å². The van der Waals surface area contributed by atoms with Crippen LogP contribution in [0.15, 0.2) is 6.07 Å². The smallest absolute Gasteiger partial charge is 0.221 e. The molecule has 18 heavy (non-hydrogen) atoms. The van der Waals surface area contributed by atoms with Gasteiger partial charge in [-0.25, -0.2) is 0 Å². The van der Waals surface area contributed by atoms with Gasteiger partial charge in [0.05, 0.1) is 8.67 Å². The van der Waals surface area contributed by atoms with Gasteiger partial charge in [0.15, 0.2) is 0 Å². The minimum absolute atomic E-state index is 0.0986. The molecule has 1 aliphatic rings. The van der Waals surface area contributed by atoms with E-state index < -0.39 is 0 Å². The molecule has 1 fully saturated rings. The highest BCUT2D eigenvalue weighted by Crippen LogP contribution is 2.45. The van der Waals surface area contributed by atoms with Gasteiger partial charge in [-0.05, 0) is 24.0 Å². The predicted octanol–water partition coefficient (Wildman–Crippen LogP) is 4.25. The molecule has 0 aliphatic carbocycles. The average Bonchev–Trinajstić information content (AvgIpc) is 2.68. The largest absolute Gasteiger partial charge is 0.352 e. The summed E-state index contributed by atoms with van der Waals surface area (Å²) in [5.41, 5.74) is 0.755. The number of nitrogens with one attached hydrogen (secondary N) is 1. The lowest BCUT2D eigenvalue weighted by atomic mass is 9.74. The third kappa shape index (κ3) is 2.54. The zero-order valence-electron chi connectivity index (χ0n) is 10.7. The van der Waals surface area contributed by atoms with Crippen molar-refractivity contribution in [3.63, 3.8) is 0 Å². The molecule has 0 saturated carbocycles. The van der Waals surface area contributed by atoms with Gasteiger partial charge >= 0.3 is 0 Å². The molecule has 1 aliphatic heterocycles. The first-order chi connectivity index (χ1) is 8.33. The maximum absolute atomic E-state index is 11.8. The molecule has 0 bridgehead atoms. The topological polar surface area (TPSA) is 29.1 Å². The molecule has 5 heteroatoms. The van der Waals surface area contributed by atoms with Gasteiger partial charge in [-0.1, -0.05) is 44.0 Å². The Kier molecular flexibility index (Phi) is 3.96. The summed E-state index contributed by atoms with van der Waals surface area (Å²) in [4.78, 5) is 11.8. The molecule has 1 aromatic heterocycles. The van der Waals surface area contributed by atoms with Crippen molar-refractivity contribution in [1.82, 2.24) is 5.32 Å². The van der Waals surface area contributed by atoms with Crippen LogP contribution in [0, 0.1) is 5.92 Å². The Hall–Kier alpha value is -0.250. The van der Waals surface area contributed by atoms with Gasteiger partial charge < -0.3 is 5.32 Å². The van der Waals surface area contributed by atoms with Crippen LogP contribution in [-0.4, -0.2) is 11.9 Å². The van der Waals surface area contributed by atoms with Crippen LogP contribution >= 0.6 is 34.5 Å². The lowest BCUT2D eigenvalue weighted by Crippen LogP contribution is -2.39. The minimum atomic E-state index is -0.248. The van der Waals surface area contributed by atoms with Crippen LogP contribution < -0.4 is 5.32 Å². The first-order valence-corrected chi connectivity index (χ1v) is 7.65. The Bertz CT molecular complexity index is 472. The van der Waals surface area contributed by atoms with Crippen LogP contribution in [-0.2, 0) is 10.2 Å². The molecule has 0 spiro atoms. The highest BCUT2D eigenvalue weighted by molar-refractivity contribution is 7.20. The Morgan fingerprint density at radius 3 is 2.72 bits per heavy atom. The van der Waals surface area contributed by atoms with E-state index in [2.05, 4.69) is 26.1 Å². The molecule has 1 saturated heterocycles. The minimum Gasteiger partial charge on any atom is -0.352 e. The Morgan fingerprint density at radius 2 is 2.22 bits per heavy atom. The quantitative estimate of drug-likeness (QED) is 0.889. The van der Waals surface area contributed by atoms with Gasteiger partial charge in [0.25, 0.3) is 0 Å². The fourth-order valence-corrected chi connectivity index (χ4v) is 4.39. The van der Waals surface area contributed by atoms with Crippen LogP contribution in [0.4, 0.5) is 0 Å². The molecule has 2 atom stereocenters. The summed E-state index contributed by atoms with van der Waals surface area (Å²) < 4.78 is 1.38. The molecule has 2 nitrogen and oxygen atoms in total. The van der Waals surface area contributed by atoms with Crippen molar-refractivity contribution in [2.24, 2.45) is 5.92 Å². The Balaban J connectivity index is 2.37. The number of halogens is 2. The number of hydrogen-bond acceptors (Lipinski definition) is 2. The molecule has 2 rings (SSSR count). The maximum Gasteiger partial charge on any atom is 0.221 e. The number of amides is 1. The molecule has 2 unspecified atom stereocenters. The lowest BCUT2D eigenvalue weighted by Gasteiger charge is -2.31. The summed E-state index contributed by atoms with van der Waals surface area (Å²) in [5.74, 6) is 0.627. The van der Waals surface area contributed by atoms with E-state index in [9.17, 15) is 4.79 Å². The number of rotatable bonds is 3. The van der Waals surface area contributed by atoms with E-state index in [1.165, 1.54) is 11.3 Å². The Labute approximate surface area is 122 Å². The normalized spacial score (nSPS) is 27.9. The second-order valence-electron chi connectivity index (χ2n) is 5.58. The fraction of sp³-hybridized carbons (Fsp3) is 0.615. The third-order valence-corrected chi connectivity index (χ3v) is 5.10. The highest BCUT2D eigenvalue weighted by atomic mass is 35.5. The first-order valence-electron chi connectivity index (χ1n) is 6.07. The van der Waals surface area contributed by atoms with Gasteiger partial charge in [-0.2, -0.15) is 0 Å². The second kappa shape index (κ2) is 5.03. The maximum atomic E-state index is 11.8. The van der Waals surface area contributed by atoms with Crippen molar-refractivity contribution in [1.29, 1.82) is 0 Å². The van der Waals surface area contributed by atoms with Gasteiger partial charge in [0.1, 0.15) is 0 Å². The zero-order chi connectivity index (χ0) is 13.5.